The van der Waals surface area contributed by atoms with Gasteiger partial charge in [-0.15, -0.1) is 0 Å². The highest BCUT2D eigenvalue weighted by Crippen LogP contribution is 2.29. The Bertz CT molecular complexity index is 596. The Morgan fingerprint density at radius 2 is 1.90 bits per heavy atom. The van der Waals surface area contributed by atoms with Gasteiger partial charge in [-0.05, 0) is 50.5 Å². The lowest BCUT2D eigenvalue weighted by Gasteiger charge is -2.44. The van der Waals surface area contributed by atoms with E-state index in [1.165, 1.54) is 11.0 Å². The fourth-order valence-corrected chi connectivity index (χ4v) is 2.64. The van der Waals surface area contributed by atoms with Gasteiger partial charge >= 0.3 is 0 Å². The second-order valence-electron chi connectivity index (χ2n) is 6.41. The largest absolute Gasteiger partial charge is 0.340 e. The third kappa shape index (κ3) is 2.64. The molecule has 1 heterocycles. The summed E-state index contributed by atoms with van der Waals surface area (Å²) in [6, 6.07) is 3.89. The van der Waals surface area contributed by atoms with Crippen LogP contribution in [0.5, 0.6) is 0 Å². The molecule has 2 rings (SSSR count). The van der Waals surface area contributed by atoms with Crippen molar-refractivity contribution in [2.24, 2.45) is 5.92 Å². The Morgan fingerprint density at radius 1 is 1.29 bits per heavy atom. The van der Waals surface area contributed by atoms with Crippen molar-refractivity contribution in [1.82, 2.24) is 5.32 Å². The standard InChI is InChI=1S/C16H21FN2O2/c1-9(2)13-14(20)18-16(4,5)15(21)19(13)11-6-7-12(17)10(3)8-11/h6-9,13H,1-5H3,(H,18,20). The fourth-order valence-electron chi connectivity index (χ4n) is 2.64. The van der Waals surface area contributed by atoms with Crippen molar-refractivity contribution in [3.8, 4) is 0 Å². The van der Waals surface area contributed by atoms with Crippen LogP contribution in [0.3, 0.4) is 0 Å². The van der Waals surface area contributed by atoms with Gasteiger partial charge in [-0.25, -0.2) is 4.39 Å². The van der Waals surface area contributed by atoms with Gasteiger partial charge in [0, 0.05) is 5.69 Å². The van der Waals surface area contributed by atoms with E-state index in [2.05, 4.69) is 5.32 Å². The summed E-state index contributed by atoms with van der Waals surface area (Å²) in [6.07, 6.45) is 0. The van der Waals surface area contributed by atoms with Crippen molar-refractivity contribution in [3.05, 3.63) is 29.6 Å². The maximum Gasteiger partial charge on any atom is 0.252 e. The van der Waals surface area contributed by atoms with Gasteiger partial charge in [-0.3, -0.25) is 14.5 Å². The van der Waals surface area contributed by atoms with Crippen LogP contribution in [-0.4, -0.2) is 23.4 Å². The lowest BCUT2D eigenvalue weighted by molar-refractivity contribution is -0.138. The van der Waals surface area contributed by atoms with Gasteiger partial charge in [-0.1, -0.05) is 13.8 Å². The number of anilines is 1. The second kappa shape index (κ2) is 5.13. The molecule has 1 N–H and O–H groups in total. The zero-order chi connectivity index (χ0) is 15.9. The van der Waals surface area contributed by atoms with Crippen LogP contribution in [0.25, 0.3) is 0 Å². The van der Waals surface area contributed by atoms with Crippen molar-refractivity contribution in [2.75, 3.05) is 4.90 Å². The Labute approximate surface area is 124 Å². The molecule has 4 nitrogen and oxygen atoms in total. The molecule has 1 aliphatic rings. The minimum absolute atomic E-state index is 0.0459. The number of halogens is 1. The number of amides is 2. The number of carbonyl (C=O) groups excluding carboxylic acids is 2. The minimum atomic E-state index is -0.967. The van der Waals surface area contributed by atoms with Crippen LogP contribution in [-0.2, 0) is 9.59 Å². The average molecular weight is 292 g/mol. The van der Waals surface area contributed by atoms with Crippen LogP contribution in [0, 0.1) is 18.7 Å². The van der Waals surface area contributed by atoms with E-state index in [-0.39, 0.29) is 23.5 Å². The van der Waals surface area contributed by atoms with Gasteiger partial charge < -0.3 is 5.32 Å². The molecule has 1 unspecified atom stereocenters. The SMILES string of the molecule is Cc1cc(N2C(=O)C(C)(C)NC(=O)C2C(C)C)ccc1F. The summed E-state index contributed by atoms with van der Waals surface area (Å²) >= 11 is 0. The first-order valence-electron chi connectivity index (χ1n) is 7.07. The number of nitrogens with one attached hydrogen (secondary N) is 1. The fraction of sp³-hybridized carbons (Fsp3) is 0.500. The van der Waals surface area contributed by atoms with E-state index in [1.807, 2.05) is 13.8 Å². The summed E-state index contributed by atoms with van der Waals surface area (Å²) in [5.41, 5.74) is 0.0391. The first kappa shape index (κ1) is 15.5. The van der Waals surface area contributed by atoms with Crippen LogP contribution in [0.15, 0.2) is 18.2 Å². The first-order valence-corrected chi connectivity index (χ1v) is 7.07. The summed E-state index contributed by atoms with van der Waals surface area (Å²) in [7, 11) is 0. The summed E-state index contributed by atoms with van der Waals surface area (Å²) in [5.74, 6) is -0.744. The number of piperazine rings is 1. The number of aryl methyl sites for hydroxylation is 1. The molecule has 1 aliphatic heterocycles. The molecule has 0 saturated carbocycles. The number of carbonyl (C=O) groups is 2. The predicted octanol–water partition coefficient (Wildman–Crippen LogP) is 2.40. The number of benzene rings is 1. The summed E-state index contributed by atoms with van der Waals surface area (Å²) in [6.45, 7) is 8.77. The van der Waals surface area contributed by atoms with Crippen molar-refractivity contribution in [3.63, 3.8) is 0 Å². The highest BCUT2D eigenvalue weighted by molar-refractivity contribution is 6.10. The Morgan fingerprint density at radius 3 is 2.43 bits per heavy atom. The van der Waals surface area contributed by atoms with Crippen molar-refractivity contribution < 1.29 is 14.0 Å². The molecule has 5 heteroatoms. The molecule has 1 aromatic rings. The number of rotatable bonds is 2. The molecule has 1 saturated heterocycles. The van der Waals surface area contributed by atoms with Crippen molar-refractivity contribution in [2.45, 2.75) is 46.2 Å². The van der Waals surface area contributed by atoms with E-state index in [1.54, 1.807) is 32.9 Å². The Kier molecular flexibility index (Phi) is 3.78. The predicted molar refractivity (Wildman–Crippen MR) is 79.5 cm³/mol. The van der Waals surface area contributed by atoms with Crippen LogP contribution < -0.4 is 10.2 Å². The maximum atomic E-state index is 13.5. The normalized spacial score (nSPS) is 21.7. The lowest BCUT2D eigenvalue weighted by atomic mass is 9.91. The average Bonchev–Trinajstić information content (AvgIpc) is 2.36. The molecule has 1 aromatic carbocycles. The lowest BCUT2D eigenvalue weighted by Crippen LogP contribution is -2.69. The third-order valence-electron chi connectivity index (χ3n) is 3.79. The smallest absolute Gasteiger partial charge is 0.252 e. The van der Waals surface area contributed by atoms with Gasteiger partial charge in [0.15, 0.2) is 0 Å². The van der Waals surface area contributed by atoms with E-state index in [9.17, 15) is 14.0 Å². The van der Waals surface area contributed by atoms with Crippen LogP contribution in [0.2, 0.25) is 0 Å². The van der Waals surface area contributed by atoms with Gasteiger partial charge in [-0.2, -0.15) is 0 Å². The zero-order valence-electron chi connectivity index (χ0n) is 13.0. The minimum Gasteiger partial charge on any atom is -0.340 e. The van der Waals surface area contributed by atoms with E-state index < -0.39 is 11.6 Å². The summed E-state index contributed by atoms with van der Waals surface area (Å²) < 4.78 is 13.5. The number of hydrogen-bond acceptors (Lipinski definition) is 2. The molecule has 1 atom stereocenters. The topological polar surface area (TPSA) is 49.4 Å². The van der Waals surface area contributed by atoms with Gasteiger partial charge in [0.25, 0.3) is 5.91 Å². The molecule has 2 amide bonds. The molecular weight excluding hydrogens is 271 g/mol. The van der Waals surface area contributed by atoms with E-state index in [0.717, 1.165) is 0 Å². The quantitative estimate of drug-likeness (QED) is 0.910. The molecular formula is C16H21FN2O2. The molecule has 0 aromatic heterocycles. The highest BCUT2D eigenvalue weighted by atomic mass is 19.1. The molecule has 0 aliphatic carbocycles. The van der Waals surface area contributed by atoms with Crippen LogP contribution in [0.1, 0.15) is 33.3 Å². The van der Waals surface area contributed by atoms with E-state index in [0.29, 0.717) is 11.3 Å². The number of nitrogens with zero attached hydrogens (tertiary/aromatic N) is 1. The van der Waals surface area contributed by atoms with Crippen LogP contribution in [0.4, 0.5) is 10.1 Å². The molecule has 21 heavy (non-hydrogen) atoms. The third-order valence-corrected chi connectivity index (χ3v) is 3.79. The van der Waals surface area contributed by atoms with Crippen molar-refractivity contribution >= 4 is 17.5 Å². The molecule has 114 valence electrons. The monoisotopic (exact) mass is 292 g/mol. The van der Waals surface area contributed by atoms with E-state index >= 15 is 0 Å². The van der Waals surface area contributed by atoms with Gasteiger partial charge in [0.2, 0.25) is 5.91 Å². The summed E-state index contributed by atoms with van der Waals surface area (Å²) in [4.78, 5) is 26.6. The van der Waals surface area contributed by atoms with Gasteiger partial charge in [0.1, 0.15) is 17.4 Å². The molecule has 0 radical (unpaired) electrons. The van der Waals surface area contributed by atoms with Gasteiger partial charge in [0.05, 0.1) is 0 Å². The Hall–Kier alpha value is -1.91. The second-order valence-corrected chi connectivity index (χ2v) is 6.41. The molecule has 1 fully saturated rings. The maximum absolute atomic E-state index is 13.5. The van der Waals surface area contributed by atoms with Crippen molar-refractivity contribution in [1.29, 1.82) is 0 Å². The molecule has 0 spiro atoms. The molecule has 0 bridgehead atoms. The highest BCUT2D eigenvalue weighted by Gasteiger charge is 2.47. The number of hydrogen-bond donors (Lipinski definition) is 1. The van der Waals surface area contributed by atoms with Crippen LogP contribution >= 0.6 is 0 Å². The van der Waals surface area contributed by atoms with E-state index in [4.69, 9.17) is 0 Å². The first-order chi connectivity index (χ1) is 9.65. The Balaban J connectivity index is 2.55. The zero-order valence-corrected chi connectivity index (χ0v) is 13.0. The summed E-state index contributed by atoms with van der Waals surface area (Å²) in [5, 5.41) is 2.76.